The minimum absolute atomic E-state index is 0.0511. The lowest BCUT2D eigenvalue weighted by Gasteiger charge is -2.22. The van der Waals surface area contributed by atoms with E-state index in [-0.39, 0.29) is 18.8 Å². The van der Waals surface area contributed by atoms with E-state index in [4.69, 9.17) is 15.4 Å². The van der Waals surface area contributed by atoms with Gasteiger partial charge in [-0.05, 0) is 26.3 Å². The minimum atomic E-state index is -1.15. The molecule has 7 heteroatoms. The van der Waals surface area contributed by atoms with Gasteiger partial charge in [0.1, 0.15) is 0 Å². The molecule has 0 bridgehead atoms. The smallest absolute Gasteiger partial charge is 0.404 e. The maximum absolute atomic E-state index is 10.2. The monoisotopic (exact) mass is 216 g/mol. The molecule has 0 rings (SSSR count). The summed E-state index contributed by atoms with van der Waals surface area (Å²) >= 11 is 0. The topological polar surface area (TPSA) is 107 Å². The summed E-state index contributed by atoms with van der Waals surface area (Å²) in [7, 11) is 0. The van der Waals surface area contributed by atoms with Crippen LogP contribution in [0.1, 0.15) is 20.8 Å². The highest BCUT2D eigenvalue weighted by Gasteiger charge is 2.14. The Labute approximate surface area is 88.0 Å². The lowest BCUT2D eigenvalue weighted by atomic mass is 10.2. The predicted octanol–water partition coefficient (Wildman–Crippen LogP) is 1.75. The zero-order valence-corrected chi connectivity index (χ0v) is 9.10. The molecule has 0 aliphatic heterocycles. The molecule has 0 radical (unpaired) electrons. The maximum atomic E-state index is 10.2. The van der Waals surface area contributed by atoms with Gasteiger partial charge in [0.25, 0.3) is 0 Å². The average molecular weight is 216 g/mol. The normalized spacial score (nSPS) is 12.7. The molecule has 86 valence electrons. The van der Waals surface area contributed by atoms with Gasteiger partial charge < -0.3 is 15.2 Å². The molecule has 15 heavy (non-hydrogen) atoms. The van der Waals surface area contributed by atoms with Gasteiger partial charge in [-0.25, -0.2) is 4.79 Å². The summed E-state index contributed by atoms with van der Waals surface area (Å²) in [6, 6.07) is -0.523. The van der Waals surface area contributed by atoms with Gasteiger partial charge in [-0.3, -0.25) is 0 Å². The Morgan fingerprint density at radius 3 is 2.67 bits per heavy atom. The van der Waals surface area contributed by atoms with Crippen LogP contribution in [-0.2, 0) is 4.74 Å². The van der Waals surface area contributed by atoms with Crippen molar-refractivity contribution in [2.45, 2.75) is 32.4 Å². The summed E-state index contributed by atoms with van der Waals surface area (Å²) in [5.74, 6) is 0. The molecule has 7 nitrogen and oxygen atoms in total. The van der Waals surface area contributed by atoms with Crippen LogP contribution in [0.4, 0.5) is 4.79 Å². The molecule has 0 spiro atoms. The van der Waals surface area contributed by atoms with E-state index in [9.17, 15) is 4.79 Å². The van der Waals surface area contributed by atoms with Gasteiger partial charge in [0.2, 0.25) is 0 Å². The molecule has 0 saturated carbocycles. The third-order valence-electron chi connectivity index (χ3n) is 1.41. The molecule has 1 amide bonds. The van der Waals surface area contributed by atoms with E-state index in [0.717, 1.165) is 0 Å². The van der Waals surface area contributed by atoms with E-state index in [2.05, 4.69) is 15.3 Å². The second-order valence-corrected chi connectivity index (χ2v) is 3.97. The summed E-state index contributed by atoms with van der Waals surface area (Å²) in [5.41, 5.74) is 7.92. The van der Waals surface area contributed by atoms with Crippen LogP contribution < -0.4 is 5.32 Å². The van der Waals surface area contributed by atoms with Crippen molar-refractivity contribution in [3.8, 4) is 0 Å². The number of carbonyl (C=O) groups is 1. The second kappa shape index (κ2) is 6.10. The number of carboxylic acid groups (broad SMARTS) is 1. The quantitative estimate of drug-likeness (QED) is 0.415. The third-order valence-corrected chi connectivity index (χ3v) is 1.41. The molecule has 0 saturated heterocycles. The molecule has 0 fully saturated rings. The van der Waals surface area contributed by atoms with Gasteiger partial charge in [0.05, 0.1) is 18.2 Å². The van der Waals surface area contributed by atoms with Gasteiger partial charge in [0, 0.05) is 11.5 Å². The van der Waals surface area contributed by atoms with Gasteiger partial charge in [-0.2, -0.15) is 0 Å². The van der Waals surface area contributed by atoms with Crippen molar-refractivity contribution < 1.29 is 14.6 Å². The van der Waals surface area contributed by atoms with E-state index < -0.39 is 12.1 Å². The van der Waals surface area contributed by atoms with Crippen LogP contribution in [0, 0.1) is 0 Å². The van der Waals surface area contributed by atoms with Crippen molar-refractivity contribution >= 4 is 6.09 Å². The van der Waals surface area contributed by atoms with Crippen LogP contribution >= 0.6 is 0 Å². The first-order valence-electron chi connectivity index (χ1n) is 4.50. The highest BCUT2D eigenvalue weighted by molar-refractivity contribution is 5.64. The third kappa shape index (κ3) is 8.86. The van der Waals surface area contributed by atoms with Gasteiger partial charge in [0.15, 0.2) is 0 Å². The second-order valence-electron chi connectivity index (χ2n) is 3.97. The number of nitrogens with zero attached hydrogens (tertiary/aromatic N) is 3. The molecule has 1 unspecified atom stereocenters. The summed E-state index contributed by atoms with van der Waals surface area (Å²) < 4.78 is 5.38. The number of hydrogen-bond donors (Lipinski definition) is 2. The van der Waals surface area contributed by atoms with E-state index in [1.165, 1.54) is 0 Å². The predicted molar refractivity (Wildman–Crippen MR) is 54.7 cm³/mol. The fraction of sp³-hybridized carbons (Fsp3) is 0.875. The molecule has 0 aliphatic carbocycles. The first-order valence-corrected chi connectivity index (χ1v) is 4.50. The van der Waals surface area contributed by atoms with Crippen molar-refractivity contribution in [1.82, 2.24) is 5.32 Å². The first kappa shape index (κ1) is 13.5. The Balaban J connectivity index is 4.05. The zero-order valence-electron chi connectivity index (χ0n) is 9.10. The molecule has 0 aromatic rings. The Morgan fingerprint density at radius 1 is 1.67 bits per heavy atom. The SMILES string of the molecule is CC(C)(C)OCC(CNC(=O)O)N=[N+]=[N-]. The standard InChI is InChI=1S/C8H16N4O3/c1-8(2,3)15-5-6(11-12-9)4-10-7(13)14/h6,10H,4-5H2,1-3H3,(H,13,14). The van der Waals surface area contributed by atoms with Crippen LogP contribution in [0.3, 0.4) is 0 Å². The molecule has 1 atom stereocenters. The van der Waals surface area contributed by atoms with Gasteiger partial charge in [-0.1, -0.05) is 5.11 Å². The molecule has 0 aliphatic rings. The van der Waals surface area contributed by atoms with Crippen molar-refractivity contribution in [2.24, 2.45) is 5.11 Å². The molecule has 2 N–H and O–H groups in total. The fourth-order valence-corrected chi connectivity index (χ4v) is 0.757. The summed E-state index contributed by atoms with van der Waals surface area (Å²) in [6.45, 7) is 5.84. The Bertz CT molecular complexity index is 255. The number of azide groups is 1. The maximum Gasteiger partial charge on any atom is 0.404 e. The van der Waals surface area contributed by atoms with Crippen LogP contribution in [0.5, 0.6) is 0 Å². The molecule has 0 heterocycles. The molecule has 0 aromatic carbocycles. The van der Waals surface area contributed by atoms with Crippen molar-refractivity contribution in [3.63, 3.8) is 0 Å². The number of nitrogens with one attached hydrogen (secondary N) is 1. The van der Waals surface area contributed by atoms with Crippen molar-refractivity contribution in [1.29, 1.82) is 0 Å². The lowest BCUT2D eigenvalue weighted by molar-refractivity contribution is -0.00948. The number of ether oxygens (including phenoxy) is 1. The van der Waals surface area contributed by atoms with E-state index in [1.54, 1.807) is 0 Å². The van der Waals surface area contributed by atoms with E-state index in [1.807, 2.05) is 20.8 Å². The summed E-state index contributed by atoms with van der Waals surface area (Å²) in [6.07, 6.45) is -1.15. The Morgan fingerprint density at radius 2 is 2.27 bits per heavy atom. The highest BCUT2D eigenvalue weighted by atomic mass is 16.5. The zero-order chi connectivity index (χ0) is 11.9. The molecular weight excluding hydrogens is 200 g/mol. The average Bonchev–Trinajstić information content (AvgIpc) is 2.08. The number of hydrogen-bond acceptors (Lipinski definition) is 3. The van der Waals surface area contributed by atoms with Crippen molar-refractivity contribution in [3.05, 3.63) is 10.4 Å². The fourth-order valence-electron chi connectivity index (χ4n) is 0.757. The van der Waals surface area contributed by atoms with Crippen molar-refractivity contribution in [2.75, 3.05) is 13.2 Å². The number of amides is 1. The Hall–Kier alpha value is -1.46. The summed E-state index contributed by atoms with van der Waals surface area (Å²) in [5, 5.41) is 13.9. The molecular formula is C8H16N4O3. The largest absolute Gasteiger partial charge is 0.465 e. The number of rotatable bonds is 5. The van der Waals surface area contributed by atoms with Crippen LogP contribution in [0.25, 0.3) is 10.4 Å². The van der Waals surface area contributed by atoms with E-state index >= 15 is 0 Å². The van der Waals surface area contributed by atoms with Crippen LogP contribution in [0.2, 0.25) is 0 Å². The molecule has 0 aromatic heterocycles. The highest BCUT2D eigenvalue weighted by Crippen LogP contribution is 2.08. The first-order chi connectivity index (χ1) is 6.85. The van der Waals surface area contributed by atoms with Gasteiger partial charge >= 0.3 is 6.09 Å². The van der Waals surface area contributed by atoms with Gasteiger partial charge in [-0.15, -0.1) is 0 Å². The summed E-state index contributed by atoms with van der Waals surface area (Å²) in [4.78, 5) is 12.8. The van der Waals surface area contributed by atoms with Crippen LogP contribution in [0.15, 0.2) is 5.11 Å². The van der Waals surface area contributed by atoms with Crippen LogP contribution in [-0.4, -0.2) is 36.0 Å². The van der Waals surface area contributed by atoms with E-state index in [0.29, 0.717) is 0 Å². The lowest BCUT2D eigenvalue weighted by Crippen LogP contribution is -2.34. The Kier molecular flexibility index (Phi) is 5.51. The minimum Gasteiger partial charge on any atom is -0.465 e.